The molecule has 82 heavy (non-hydrogen) atoms. The molecule has 0 spiro atoms. The normalized spacial score (nSPS) is 11.9. The number of aromatic nitrogens is 5. The van der Waals surface area contributed by atoms with Crippen LogP contribution in [0.1, 0.15) is 0 Å². The van der Waals surface area contributed by atoms with Crippen LogP contribution >= 0.6 is 22.7 Å². The molecule has 17 aromatic rings. The average Bonchev–Trinajstić information content (AvgIpc) is 4.48. The summed E-state index contributed by atoms with van der Waals surface area (Å²) in [6, 6.07) is 98.9. The molecule has 0 unspecified atom stereocenters. The van der Waals surface area contributed by atoms with Gasteiger partial charge in [0.15, 0.2) is 11.6 Å². The first-order valence-electron chi connectivity index (χ1n) is 27.6. The minimum absolute atomic E-state index is 0.546. The van der Waals surface area contributed by atoms with E-state index in [1.165, 1.54) is 73.4 Å². The predicted octanol–water partition coefficient (Wildman–Crippen LogP) is 20.8. The summed E-state index contributed by atoms with van der Waals surface area (Å²) in [7, 11) is 0. The van der Waals surface area contributed by atoms with Crippen molar-refractivity contribution in [2.24, 2.45) is 0 Å². The fourth-order valence-corrected chi connectivity index (χ4v) is 14.6. The van der Waals surface area contributed by atoms with Crippen LogP contribution in [0.2, 0.25) is 0 Å². The van der Waals surface area contributed by atoms with E-state index in [1.54, 1.807) is 0 Å². The number of rotatable bonds is 8. The summed E-state index contributed by atoms with van der Waals surface area (Å²) in [6.07, 6.45) is 0. The van der Waals surface area contributed by atoms with Crippen molar-refractivity contribution >= 4 is 107 Å². The van der Waals surface area contributed by atoms with Crippen LogP contribution in [0.4, 0.5) is 0 Å². The lowest BCUT2D eigenvalue weighted by Gasteiger charge is -2.13. The van der Waals surface area contributed by atoms with Gasteiger partial charge in [-0.3, -0.25) is 4.57 Å². The van der Waals surface area contributed by atoms with Crippen LogP contribution < -0.4 is 0 Å². The Morgan fingerprint density at radius 3 is 1.18 bits per heavy atom. The van der Waals surface area contributed by atoms with Crippen molar-refractivity contribution in [3.63, 3.8) is 0 Å². The van der Waals surface area contributed by atoms with Gasteiger partial charge in [0.2, 0.25) is 5.95 Å². The molecule has 0 bridgehead atoms. The summed E-state index contributed by atoms with van der Waals surface area (Å²) in [5.41, 5.74) is 16.4. The highest BCUT2D eigenvalue weighted by molar-refractivity contribution is 7.26. The van der Waals surface area contributed by atoms with Gasteiger partial charge < -0.3 is 4.57 Å². The van der Waals surface area contributed by atoms with E-state index < -0.39 is 0 Å². The van der Waals surface area contributed by atoms with Gasteiger partial charge >= 0.3 is 0 Å². The maximum absolute atomic E-state index is 5.50. The molecule has 0 saturated heterocycles. The fraction of sp³-hybridized carbons (Fsp3) is 0. The van der Waals surface area contributed by atoms with Crippen LogP contribution in [0.3, 0.4) is 0 Å². The van der Waals surface area contributed by atoms with Crippen LogP contribution in [-0.2, 0) is 0 Å². The Hall–Kier alpha value is -10.3. The average molecular weight is 1080 g/mol. The lowest BCUT2D eigenvalue weighted by molar-refractivity contribution is 0.953. The SMILES string of the molecule is c1ccc(-c2cccc(-c3cccc(-c4nc(-c5cccc(-n6c7ccccc7c7cc(-c8ccc9sc%10ccccc%10c9c8)ccc76)c5)nc(-n5c6ccccc6c6cc(-c7ccc8sc9ccccc9c8c7)ccc65)n4)c3)c2)cc1. The molecular formula is C75H45N5S2. The number of nitrogens with zero attached hydrogens (tertiary/aromatic N) is 5. The van der Waals surface area contributed by atoms with Gasteiger partial charge in [0.1, 0.15) is 0 Å². The van der Waals surface area contributed by atoms with E-state index in [4.69, 9.17) is 15.0 Å². The van der Waals surface area contributed by atoms with Crippen molar-refractivity contribution in [2.45, 2.75) is 0 Å². The molecule has 0 N–H and O–H groups in total. The molecule has 0 aliphatic heterocycles. The molecule has 5 heterocycles. The van der Waals surface area contributed by atoms with Gasteiger partial charge in [-0.05, 0) is 142 Å². The molecule has 17 rings (SSSR count). The van der Waals surface area contributed by atoms with E-state index >= 15 is 0 Å². The highest BCUT2D eigenvalue weighted by Crippen LogP contribution is 2.42. The molecule has 0 aliphatic rings. The van der Waals surface area contributed by atoms with Gasteiger partial charge in [-0.1, -0.05) is 176 Å². The molecule has 7 heteroatoms. The Kier molecular flexibility index (Phi) is 10.6. The number of hydrogen-bond acceptors (Lipinski definition) is 5. The molecule has 5 nitrogen and oxygen atoms in total. The number of thiophene rings is 2. The molecule has 0 atom stereocenters. The lowest BCUT2D eigenvalue weighted by atomic mass is 9.98. The summed E-state index contributed by atoms with van der Waals surface area (Å²) < 4.78 is 9.82. The van der Waals surface area contributed by atoms with Crippen LogP contribution in [0, 0.1) is 0 Å². The van der Waals surface area contributed by atoms with Crippen molar-refractivity contribution in [3.05, 3.63) is 273 Å². The van der Waals surface area contributed by atoms with Crippen LogP contribution in [0.5, 0.6) is 0 Å². The van der Waals surface area contributed by atoms with Crippen molar-refractivity contribution in [1.82, 2.24) is 24.1 Å². The predicted molar refractivity (Wildman–Crippen MR) is 347 cm³/mol. The number of fused-ring (bicyclic) bond motifs is 12. The molecule has 382 valence electrons. The second-order valence-corrected chi connectivity index (χ2v) is 23.3. The van der Waals surface area contributed by atoms with Crippen LogP contribution in [-0.4, -0.2) is 24.1 Å². The van der Waals surface area contributed by atoms with E-state index in [0.717, 1.165) is 71.9 Å². The summed E-state index contributed by atoms with van der Waals surface area (Å²) in [4.78, 5) is 16.4. The third kappa shape index (κ3) is 7.62. The zero-order chi connectivity index (χ0) is 53.8. The number of benzene rings is 12. The molecule has 0 amide bonds. The summed E-state index contributed by atoms with van der Waals surface area (Å²) >= 11 is 3.70. The van der Waals surface area contributed by atoms with E-state index in [2.05, 4.69) is 282 Å². The van der Waals surface area contributed by atoms with E-state index in [-0.39, 0.29) is 0 Å². The first-order valence-corrected chi connectivity index (χ1v) is 29.3. The molecule has 0 saturated carbocycles. The van der Waals surface area contributed by atoms with Gasteiger partial charge in [0, 0.05) is 78.7 Å². The Balaban J connectivity index is 0.826. The highest BCUT2D eigenvalue weighted by atomic mass is 32.1. The Morgan fingerprint density at radius 2 is 0.598 bits per heavy atom. The van der Waals surface area contributed by atoms with Crippen LogP contribution in [0.25, 0.3) is 163 Å². The van der Waals surface area contributed by atoms with Crippen molar-refractivity contribution in [3.8, 4) is 78.9 Å². The zero-order valence-corrected chi connectivity index (χ0v) is 45.7. The molecule has 0 aliphatic carbocycles. The highest BCUT2D eigenvalue weighted by Gasteiger charge is 2.21. The molecule has 0 fully saturated rings. The minimum atomic E-state index is 0.546. The summed E-state index contributed by atoms with van der Waals surface area (Å²) in [5, 5.41) is 9.83. The Labute approximate surface area is 479 Å². The molecular weight excluding hydrogens is 1030 g/mol. The zero-order valence-electron chi connectivity index (χ0n) is 44.0. The Bertz CT molecular complexity index is 5430. The molecule has 0 radical (unpaired) electrons. The van der Waals surface area contributed by atoms with E-state index in [9.17, 15) is 0 Å². The van der Waals surface area contributed by atoms with Crippen molar-refractivity contribution in [2.75, 3.05) is 0 Å². The monoisotopic (exact) mass is 1080 g/mol. The van der Waals surface area contributed by atoms with E-state index in [0.29, 0.717) is 17.6 Å². The third-order valence-electron chi connectivity index (χ3n) is 16.4. The van der Waals surface area contributed by atoms with Crippen molar-refractivity contribution in [1.29, 1.82) is 0 Å². The minimum Gasteiger partial charge on any atom is -0.309 e. The largest absolute Gasteiger partial charge is 0.309 e. The van der Waals surface area contributed by atoms with Gasteiger partial charge in [0.05, 0.1) is 22.1 Å². The molecule has 5 aromatic heterocycles. The maximum Gasteiger partial charge on any atom is 0.238 e. The second kappa shape index (κ2) is 18.6. The maximum atomic E-state index is 5.50. The first-order chi connectivity index (χ1) is 40.6. The second-order valence-electron chi connectivity index (χ2n) is 21.1. The van der Waals surface area contributed by atoms with Gasteiger partial charge in [-0.25, -0.2) is 4.98 Å². The van der Waals surface area contributed by atoms with Gasteiger partial charge in [-0.2, -0.15) is 9.97 Å². The van der Waals surface area contributed by atoms with Crippen molar-refractivity contribution < 1.29 is 0 Å². The smallest absolute Gasteiger partial charge is 0.238 e. The summed E-state index contributed by atoms with van der Waals surface area (Å²) in [5.74, 6) is 1.71. The van der Waals surface area contributed by atoms with Gasteiger partial charge in [0.25, 0.3) is 0 Å². The molecule has 12 aromatic carbocycles. The topological polar surface area (TPSA) is 48.5 Å². The summed E-state index contributed by atoms with van der Waals surface area (Å²) in [6.45, 7) is 0. The Morgan fingerprint density at radius 1 is 0.220 bits per heavy atom. The number of para-hydroxylation sites is 2. The lowest BCUT2D eigenvalue weighted by Crippen LogP contribution is -2.06. The fourth-order valence-electron chi connectivity index (χ4n) is 12.5. The van der Waals surface area contributed by atoms with E-state index in [1.807, 2.05) is 22.7 Å². The quantitative estimate of drug-likeness (QED) is 0.152. The van der Waals surface area contributed by atoms with Crippen LogP contribution in [0.15, 0.2) is 273 Å². The third-order valence-corrected chi connectivity index (χ3v) is 18.7. The number of hydrogen-bond donors (Lipinski definition) is 0. The van der Waals surface area contributed by atoms with Gasteiger partial charge in [-0.15, -0.1) is 22.7 Å². The first kappa shape index (κ1) is 46.6. The standard InChI is InChI=1S/C75H45N5S2/c1-2-15-46(16-3-1)47-17-12-18-48(39-47)49-19-13-20-54(40-49)73-76-74(78-75(77-73)80-66-28-9-5-24-58(66)62-43-51(32-36-68(62)80)53-34-38-72-64(45-53)60-26-7-11-30-70(60)82-72)55-21-14-22-56(41-55)79-65-27-8-4-23-57(65)61-42-50(31-35-67(61)79)52-33-37-71-63(44-52)59-25-6-10-29-69(59)81-71/h1-45H.